The maximum absolute atomic E-state index is 11.6. The molecule has 0 aromatic carbocycles. The number of fused-ring (bicyclic) bond motifs is 2. The molecule has 27 heavy (non-hydrogen) atoms. The highest BCUT2D eigenvalue weighted by Crippen LogP contribution is 2.27. The number of carbonyl (C=O) groups is 1. The number of carbonyl (C=O) groups excluding carboxylic acids is 1. The van der Waals surface area contributed by atoms with E-state index in [9.17, 15) is 4.79 Å². The van der Waals surface area contributed by atoms with Crippen LogP contribution in [0.25, 0.3) is 27.9 Å². The Hall–Kier alpha value is -3.49. The lowest BCUT2D eigenvalue weighted by Crippen LogP contribution is -2.43. The molecule has 5 rings (SSSR count). The number of amides is 1. The molecule has 9 heteroatoms. The Morgan fingerprint density at radius 1 is 1.30 bits per heavy atom. The summed E-state index contributed by atoms with van der Waals surface area (Å²) in [6.45, 7) is 0.658. The molecule has 0 bridgehead atoms. The van der Waals surface area contributed by atoms with Gasteiger partial charge >= 0.3 is 0 Å². The molecule has 4 aromatic heterocycles. The van der Waals surface area contributed by atoms with E-state index in [1.807, 2.05) is 31.6 Å². The quantitative estimate of drug-likeness (QED) is 0.575. The smallest absolute Gasteiger partial charge is 0.224 e. The summed E-state index contributed by atoms with van der Waals surface area (Å²) in [7, 11) is 1.82. The third kappa shape index (κ3) is 2.77. The number of anilines is 1. The van der Waals surface area contributed by atoms with Crippen LogP contribution in [-0.4, -0.2) is 60.0 Å². The molecule has 1 saturated heterocycles. The zero-order valence-corrected chi connectivity index (χ0v) is 14.8. The van der Waals surface area contributed by atoms with Gasteiger partial charge in [0.05, 0.1) is 11.9 Å². The number of H-pyrrole nitrogens is 1. The standard InChI is InChI=1S/C18H18N8O/c1-25-10-11(2-3-16(25)27)22-18-20-9-13-12(8-19-17(13)24-18)14-5-7-26-15(23-14)4-6-21-26/h4-9,11H,2-3,10H2,1H3,(H2,19,20,22,24)/t11-/m0/s1. The van der Waals surface area contributed by atoms with Crippen LogP contribution in [0.1, 0.15) is 12.8 Å². The summed E-state index contributed by atoms with van der Waals surface area (Å²) < 4.78 is 1.73. The van der Waals surface area contributed by atoms with Crippen molar-refractivity contribution < 1.29 is 4.79 Å². The number of likely N-dealkylation sites (tertiary alicyclic amines) is 1. The van der Waals surface area contributed by atoms with Gasteiger partial charge in [-0.15, -0.1) is 0 Å². The normalized spacial score (nSPS) is 17.7. The van der Waals surface area contributed by atoms with Gasteiger partial charge in [0.15, 0.2) is 5.65 Å². The second-order valence-corrected chi connectivity index (χ2v) is 6.76. The fourth-order valence-electron chi connectivity index (χ4n) is 3.46. The van der Waals surface area contributed by atoms with E-state index in [1.165, 1.54) is 0 Å². The molecule has 136 valence electrons. The van der Waals surface area contributed by atoms with E-state index in [0.29, 0.717) is 18.9 Å². The minimum atomic E-state index is 0.158. The first-order valence-corrected chi connectivity index (χ1v) is 8.83. The topological polar surface area (TPSA) is 104 Å². The zero-order chi connectivity index (χ0) is 18.4. The molecule has 0 aliphatic carbocycles. The number of rotatable bonds is 3. The Bertz CT molecular complexity index is 1150. The first-order chi connectivity index (χ1) is 13.2. The molecule has 1 fully saturated rings. The average Bonchev–Trinajstić information content (AvgIpc) is 3.30. The monoisotopic (exact) mass is 362 g/mol. The predicted octanol–water partition coefficient (Wildman–Crippen LogP) is 1.70. The van der Waals surface area contributed by atoms with Crippen molar-refractivity contribution in [2.24, 2.45) is 0 Å². The van der Waals surface area contributed by atoms with Crippen LogP contribution in [0.2, 0.25) is 0 Å². The van der Waals surface area contributed by atoms with Crippen LogP contribution in [0.5, 0.6) is 0 Å². The lowest BCUT2D eigenvalue weighted by atomic mass is 10.1. The van der Waals surface area contributed by atoms with E-state index in [1.54, 1.807) is 21.8 Å². The van der Waals surface area contributed by atoms with Crippen LogP contribution in [0.15, 0.2) is 36.9 Å². The maximum atomic E-state index is 11.6. The number of nitrogens with zero attached hydrogens (tertiary/aromatic N) is 6. The summed E-state index contributed by atoms with van der Waals surface area (Å²) in [6.07, 6.45) is 8.64. The van der Waals surface area contributed by atoms with Gasteiger partial charge in [0.25, 0.3) is 0 Å². The van der Waals surface area contributed by atoms with Crippen molar-refractivity contribution in [1.82, 2.24) is 34.4 Å². The number of aromatic nitrogens is 6. The van der Waals surface area contributed by atoms with E-state index >= 15 is 0 Å². The molecule has 0 radical (unpaired) electrons. The summed E-state index contributed by atoms with van der Waals surface area (Å²) in [5, 5.41) is 8.41. The molecule has 1 amide bonds. The third-order valence-corrected chi connectivity index (χ3v) is 4.93. The molecule has 5 heterocycles. The maximum Gasteiger partial charge on any atom is 0.224 e. The van der Waals surface area contributed by atoms with Crippen LogP contribution in [0, 0.1) is 0 Å². The largest absolute Gasteiger partial charge is 0.350 e. The molecular weight excluding hydrogens is 344 g/mol. The molecule has 1 aliphatic rings. The van der Waals surface area contributed by atoms with Crippen molar-refractivity contribution in [2.45, 2.75) is 18.9 Å². The lowest BCUT2D eigenvalue weighted by molar-refractivity contribution is -0.132. The van der Waals surface area contributed by atoms with Gasteiger partial charge in [-0.1, -0.05) is 0 Å². The number of nitrogens with one attached hydrogen (secondary N) is 2. The fraction of sp³-hybridized carbons (Fsp3) is 0.278. The highest BCUT2D eigenvalue weighted by atomic mass is 16.2. The van der Waals surface area contributed by atoms with Crippen LogP contribution < -0.4 is 5.32 Å². The minimum absolute atomic E-state index is 0.158. The fourth-order valence-corrected chi connectivity index (χ4v) is 3.46. The second-order valence-electron chi connectivity index (χ2n) is 6.76. The Labute approximate surface area is 154 Å². The van der Waals surface area contributed by atoms with Gasteiger partial charge < -0.3 is 15.2 Å². The van der Waals surface area contributed by atoms with E-state index in [2.05, 4.69) is 30.4 Å². The van der Waals surface area contributed by atoms with E-state index in [4.69, 9.17) is 0 Å². The van der Waals surface area contributed by atoms with Crippen molar-refractivity contribution in [3.63, 3.8) is 0 Å². The van der Waals surface area contributed by atoms with E-state index < -0.39 is 0 Å². The van der Waals surface area contributed by atoms with E-state index in [0.717, 1.165) is 34.4 Å². The van der Waals surface area contributed by atoms with Crippen molar-refractivity contribution >= 4 is 28.5 Å². The number of piperidine rings is 1. The van der Waals surface area contributed by atoms with Gasteiger partial charge in [0, 0.05) is 61.7 Å². The number of likely N-dealkylation sites (N-methyl/N-ethyl adjacent to an activating group) is 1. The van der Waals surface area contributed by atoms with E-state index in [-0.39, 0.29) is 11.9 Å². The second kappa shape index (κ2) is 6.04. The third-order valence-electron chi connectivity index (χ3n) is 4.93. The number of hydrogen-bond acceptors (Lipinski definition) is 6. The van der Waals surface area contributed by atoms with Crippen LogP contribution in [0.4, 0.5) is 5.95 Å². The van der Waals surface area contributed by atoms with Gasteiger partial charge in [-0.05, 0) is 12.5 Å². The molecule has 9 nitrogen and oxygen atoms in total. The molecule has 1 atom stereocenters. The van der Waals surface area contributed by atoms with Crippen LogP contribution in [-0.2, 0) is 4.79 Å². The molecule has 0 spiro atoms. The molecule has 0 unspecified atom stereocenters. The van der Waals surface area contributed by atoms with Gasteiger partial charge in [-0.2, -0.15) is 10.1 Å². The van der Waals surface area contributed by atoms with Gasteiger partial charge in [0.2, 0.25) is 11.9 Å². The minimum Gasteiger partial charge on any atom is -0.350 e. The SMILES string of the molecule is CN1C[C@@H](Nc2ncc3c(-c4ccn5nccc5n4)c[nH]c3n2)CCC1=O. The van der Waals surface area contributed by atoms with Gasteiger partial charge in [-0.25, -0.2) is 14.5 Å². The first kappa shape index (κ1) is 15.7. The highest BCUT2D eigenvalue weighted by molar-refractivity contribution is 5.92. The molecular formula is C18H18N8O. The summed E-state index contributed by atoms with van der Waals surface area (Å²) in [5.74, 6) is 0.740. The first-order valence-electron chi connectivity index (χ1n) is 8.83. The zero-order valence-electron chi connectivity index (χ0n) is 14.8. The summed E-state index contributed by atoms with van der Waals surface area (Å²) in [6, 6.07) is 3.94. The highest BCUT2D eigenvalue weighted by Gasteiger charge is 2.23. The Morgan fingerprint density at radius 3 is 3.11 bits per heavy atom. The van der Waals surface area contributed by atoms with Gasteiger partial charge in [0.1, 0.15) is 5.65 Å². The van der Waals surface area contributed by atoms with Crippen molar-refractivity contribution in [2.75, 3.05) is 18.9 Å². The number of hydrogen-bond donors (Lipinski definition) is 2. The van der Waals surface area contributed by atoms with Crippen molar-refractivity contribution in [1.29, 1.82) is 0 Å². The molecule has 4 aromatic rings. The Kier molecular flexibility index (Phi) is 3.52. The van der Waals surface area contributed by atoms with Crippen LogP contribution in [0.3, 0.4) is 0 Å². The summed E-state index contributed by atoms with van der Waals surface area (Å²) in [5.41, 5.74) is 3.32. The van der Waals surface area contributed by atoms with Crippen LogP contribution >= 0.6 is 0 Å². The van der Waals surface area contributed by atoms with Crippen molar-refractivity contribution in [3.05, 3.63) is 36.9 Å². The Balaban J connectivity index is 1.43. The Morgan fingerprint density at radius 2 is 2.22 bits per heavy atom. The molecule has 1 aliphatic heterocycles. The molecule has 0 saturated carbocycles. The summed E-state index contributed by atoms with van der Waals surface area (Å²) >= 11 is 0. The molecule has 2 N–H and O–H groups in total. The van der Waals surface area contributed by atoms with Crippen molar-refractivity contribution in [3.8, 4) is 11.3 Å². The lowest BCUT2D eigenvalue weighted by Gasteiger charge is -2.30. The number of aromatic amines is 1. The summed E-state index contributed by atoms with van der Waals surface area (Å²) in [4.78, 5) is 30.2. The van der Waals surface area contributed by atoms with Gasteiger partial charge in [-0.3, -0.25) is 4.79 Å². The average molecular weight is 362 g/mol. The predicted molar refractivity (Wildman–Crippen MR) is 100 cm³/mol.